The van der Waals surface area contributed by atoms with Gasteiger partial charge in [-0.3, -0.25) is 14.2 Å². The Kier molecular flexibility index (Phi) is 4.67. The zero-order valence-corrected chi connectivity index (χ0v) is 15.6. The normalized spacial score (nSPS) is 11.4. The topological polar surface area (TPSA) is 72.2 Å². The summed E-state index contributed by atoms with van der Waals surface area (Å²) < 4.78 is 1.26. The highest BCUT2D eigenvalue weighted by molar-refractivity contribution is 7.19. The fourth-order valence-electron chi connectivity index (χ4n) is 2.90. The Bertz CT molecular complexity index is 1020. The Morgan fingerprint density at radius 1 is 1.32 bits per heavy atom. The van der Waals surface area contributed by atoms with Gasteiger partial charge in [-0.15, -0.1) is 11.3 Å². The number of hydrogen-bond acceptors (Lipinski definition) is 4. The minimum absolute atomic E-state index is 0.0576. The Balaban J connectivity index is 2.37. The van der Waals surface area contributed by atoms with Crippen LogP contribution in [0.15, 0.2) is 29.1 Å². The summed E-state index contributed by atoms with van der Waals surface area (Å²) in [6.07, 6.45) is 0. The van der Waals surface area contributed by atoms with E-state index >= 15 is 0 Å². The summed E-state index contributed by atoms with van der Waals surface area (Å²) in [5.41, 5.74) is 1.35. The van der Waals surface area contributed by atoms with Crippen LogP contribution in [0.4, 0.5) is 0 Å². The molecule has 0 atom stereocenters. The predicted molar refractivity (Wildman–Crippen MR) is 101 cm³/mol. The van der Waals surface area contributed by atoms with Crippen molar-refractivity contribution in [3.8, 4) is 11.1 Å². The average molecular weight is 377 g/mol. The van der Waals surface area contributed by atoms with Crippen molar-refractivity contribution in [1.29, 1.82) is 0 Å². The maximum atomic E-state index is 13.1. The number of fused-ring (bicyclic) bond motifs is 1. The van der Waals surface area contributed by atoms with Crippen molar-refractivity contribution in [2.45, 2.75) is 33.2 Å². The molecule has 0 spiro atoms. The SMILES string of the molecule is Cc1sc2nc(C(C)C)n(CC(=O)O)c(=O)c2c1-c1ccc(Cl)cc1. The second kappa shape index (κ2) is 6.61. The molecule has 3 aromatic rings. The Morgan fingerprint density at radius 3 is 2.52 bits per heavy atom. The van der Waals surface area contributed by atoms with Gasteiger partial charge >= 0.3 is 5.97 Å². The first-order valence-corrected chi connectivity index (χ1v) is 9.00. The maximum Gasteiger partial charge on any atom is 0.323 e. The highest BCUT2D eigenvalue weighted by Gasteiger charge is 2.21. The van der Waals surface area contributed by atoms with Gasteiger partial charge in [-0.2, -0.15) is 0 Å². The van der Waals surface area contributed by atoms with Crippen LogP contribution in [-0.2, 0) is 11.3 Å². The molecule has 0 amide bonds. The zero-order valence-electron chi connectivity index (χ0n) is 14.0. The molecule has 0 aliphatic rings. The predicted octanol–water partition coefficient (Wildman–Crippen LogP) is 4.29. The molecule has 25 heavy (non-hydrogen) atoms. The Morgan fingerprint density at radius 2 is 1.96 bits per heavy atom. The minimum atomic E-state index is -1.06. The molecule has 3 rings (SSSR count). The molecule has 5 nitrogen and oxygen atoms in total. The largest absolute Gasteiger partial charge is 0.480 e. The third kappa shape index (κ3) is 3.19. The number of rotatable bonds is 4. The lowest BCUT2D eigenvalue weighted by molar-refractivity contribution is -0.137. The van der Waals surface area contributed by atoms with Gasteiger partial charge < -0.3 is 5.11 Å². The third-order valence-corrected chi connectivity index (χ3v) is 5.21. The first-order chi connectivity index (χ1) is 11.8. The van der Waals surface area contributed by atoms with Crippen molar-refractivity contribution in [1.82, 2.24) is 9.55 Å². The first-order valence-electron chi connectivity index (χ1n) is 7.81. The zero-order chi connectivity index (χ0) is 18.3. The van der Waals surface area contributed by atoms with Gasteiger partial charge in [0.1, 0.15) is 17.2 Å². The molecule has 0 aliphatic heterocycles. The fraction of sp³-hybridized carbons (Fsp3) is 0.278. The number of carboxylic acids is 1. The van der Waals surface area contributed by atoms with Crippen LogP contribution >= 0.6 is 22.9 Å². The molecule has 0 fully saturated rings. The standard InChI is InChI=1S/C18H17ClN2O3S/c1-9(2)16-20-17-15(18(24)21(16)8-13(22)23)14(10(3)25-17)11-4-6-12(19)7-5-11/h4-7,9H,8H2,1-3H3,(H,22,23). The number of benzene rings is 1. The van der Waals surface area contributed by atoms with Crippen LogP contribution < -0.4 is 5.56 Å². The molecular weight excluding hydrogens is 360 g/mol. The van der Waals surface area contributed by atoms with E-state index in [1.807, 2.05) is 32.9 Å². The van der Waals surface area contributed by atoms with E-state index in [0.717, 1.165) is 16.0 Å². The van der Waals surface area contributed by atoms with Gasteiger partial charge in [-0.05, 0) is 24.6 Å². The fourth-order valence-corrected chi connectivity index (χ4v) is 4.07. The van der Waals surface area contributed by atoms with Crippen LogP contribution in [0.2, 0.25) is 5.02 Å². The van der Waals surface area contributed by atoms with Gasteiger partial charge in [0.05, 0.1) is 5.39 Å². The molecule has 0 saturated carbocycles. The Labute approximate surface area is 153 Å². The number of aryl methyl sites for hydroxylation is 1. The summed E-state index contributed by atoms with van der Waals surface area (Å²) in [6.45, 7) is 5.33. The first kappa shape index (κ1) is 17.6. The van der Waals surface area contributed by atoms with E-state index in [0.29, 0.717) is 21.1 Å². The maximum absolute atomic E-state index is 13.1. The van der Waals surface area contributed by atoms with Gasteiger partial charge in [0.2, 0.25) is 0 Å². The van der Waals surface area contributed by atoms with Gasteiger partial charge in [-0.1, -0.05) is 37.6 Å². The molecule has 2 heterocycles. The number of thiophene rings is 1. The molecule has 0 bridgehead atoms. The monoisotopic (exact) mass is 376 g/mol. The van der Waals surface area contributed by atoms with Crippen molar-refractivity contribution < 1.29 is 9.90 Å². The van der Waals surface area contributed by atoms with Crippen molar-refractivity contribution in [3.63, 3.8) is 0 Å². The molecule has 0 radical (unpaired) electrons. The number of halogens is 1. The molecule has 0 unspecified atom stereocenters. The summed E-state index contributed by atoms with van der Waals surface area (Å²) in [7, 11) is 0. The summed E-state index contributed by atoms with van der Waals surface area (Å²) in [5, 5.41) is 10.3. The lowest BCUT2D eigenvalue weighted by Gasteiger charge is -2.13. The van der Waals surface area contributed by atoms with Gasteiger partial charge in [0.15, 0.2) is 0 Å². The molecular formula is C18H17ClN2O3S. The molecule has 0 aliphatic carbocycles. The molecule has 2 aromatic heterocycles. The van der Waals surface area contributed by atoms with Crippen molar-refractivity contribution >= 4 is 39.1 Å². The average Bonchev–Trinajstić information content (AvgIpc) is 2.86. The molecule has 130 valence electrons. The van der Waals surface area contributed by atoms with Crippen molar-refractivity contribution in [3.05, 3.63) is 50.3 Å². The summed E-state index contributed by atoms with van der Waals surface area (Å²) >= 11 is 7.41. The van der Waals surface area contributed by atoms with E-state index < -0.39 is 12.5 Å². The van der Waals surface area contributed by atoms with E-state index in [1.165, 1.54) is 15.9 Å². The minimum Gasteiger partial charge on any atom is -0.480 e. The van der Waals surface area contributed by atoms with Gasteiger partial charge in [0, 0.05) is 21.4 Å². The summed E-state index contributed by atoms with van der Waals surface area (Å²) in [5.74, 6) is -0.633. The number of aliphatic carboxylic acids is 1. The molecule has 0 saturated heterocycles. The van der Waals surface area contributed by atoms with Crippen LogP contribution in [0.3, 0.4) is 0 Å². The molecule has 7 heteroatoms. The van der Waals surface area contributed by atoms with Crippen LogP contribution in [0, 0.1) is 6.92 Å². The van der Waals surface area contributed by atoms with Crippen LogP contribution in [-0.4, -0.2) is 20.6 Å². The molecule has 1 N–H and O–H groups in total. The highest BCUT2D eigenvalue weighted by Crippen LogP contribution is 2.36. The number of hydrogen-bond donors (Lipinski definition) is 1. The quantitative estimate of drug-likeness (QED) is 0.737. The smallest absolute Gasteiger partial charge is 0.323 e. The van der Waals surface area contributed by atoms with Crippen LogP contribution in [0.1, 0.15) is 30.5 Å². The van der Waals surface area contributed by atoms with Crippen molar-refractivity contribution in [2.75, 3.05) is 0 Å². The number of aromatic nitrogens is 2. The Hall–Kier alpha value is -2.18. The second-order valence-electron chi connectivity index (χ2n) is 6.13. The lowest BCUT2D eigenvalue weighted by Crippen LogP contribution is -2.29. The highest BCUT2D eigenvalue weighted by atomic mass is 35.5. The second-order valence-corrected chi connectivity index (χ2v) is 7.77. The van der Waals surface area contributed by atoms with Crippen LogP contribution in [0.5, 0.6) is 0 Å². The van der Waals surface area contributed by atoms with E-state index in [4.69, 9.17) is 11.6 Å². The van der Waals surface area contributed by atoms with E-state index in [2.05, 4.69) is 4.98 Å². The van der Waals surface area contributed by atoms with Crippen LogP contribution in [0.25, 0.3) is 21.3 Å². The van der Waals surface area contributed by atoms with E-state index in [-0.39, 0.29) is 11.5 Å². The van der Waals surface area contributed by atoms with Crippen molar-refractivity contribution in [2.24, 2.45) is 0 Å². The third-order valence-electron chi connectivity index (χ3n) is 3.96. The molecule has 1 aromatic carbocycles. The summed E-state index contributed by atoms with van der Waals surface area (Å²) in [4.78, 5) is 30.5. The number of carboxylic acid groups (broad SMARTS) is 1. The van der Waals surface area contributed by atoms with Gasteiger partial charge in [-0.25, -0.2) is 4.98 Å². The number of nitrogens with zero attached hydrogens (tertiary/aromatic N) is 2. The van der Waals surface area contributed by atoms with Gasteiger partial charge in [0.25, 0.3) is 5.56 Å². The lowest BCUT2D eigenvalue weighted by atomic mass is 10.0. The summed E-state index contributed by atoms with van der Waals surface area (Å²) in [6, 6.07) is 7.25. The van der Waals surface area contributed by atoms with E-state index in [1.54, 1.807) is 12.1 Å². The number of carbonyl (C=O) groups is 1. The van der Waals surface area contributed by atoms with E-state index in [9.17, 15) is 14.7 Å².